The quantitative estimate of drug-likeness (QED) is 0.783. The van der Waals surface area contributed by atoms with Gasteiger partial charge in [0.25, 0.3) is 0 Å². The Balaban J connectivity index is 2.58. The first-order chi connectivity index (χ1) is 8.35. The monoisotopic (exact) mass is 251 g/mol. The number of hydrogen-bond donors (Lipinski definition) is 2. The molecule has 0 bridgehead atoms. The van der Waals surface area contributed by atoms with Gasteiger partial charge in [-0.2, -0.15) is 0 Å². The number of aromatic hydroxyl groups is 1. The van der Waals surface area contributed by atoms with Crippen LogP contribution in [0.1, 0.15) is 25.8 Å². The van der Waals surface area contributed by atoms with Crippen LogP contribution in [0, 0.1) is 5.41 Å². The highest BCUT2D eigenvalue weighted by Gasteiger charge is 2.30. The van der Waals surface area contributed by atoms with Crippen LogP contribution in [-0.4, -0.2) is 24.2 Å². The first-order valence-electron chi connectivity index (χ1n) is 5.97. The van der Waals surface area contributed by atoms with Crippen molar-refractivity contribution in [3.8, 4) is 5.75 Å². The number of carbonyl (C=O) groups excluding carboxylic acids is 1. The van der Waals surface area contributed by atoms with Gasteiger partial charge in [-0.1, -0.05) is 12.1 Å². The number of phenols is 1. The summed E-state index contributed by atoms with van der Waals surface area (Å²) in [6, 6.07) is 6.81. The van der Waals surface area contributed by atoms with E-state index in [9.17, 15) is 9.90 Å². The average Bonchev–Trinajstić information content (AvgIpc) is 2.30. The second-order valence-corrected chi connectivity index (χ2v) is 5.21. The van der Waals surface area contributed by atoms with Gasteiger partial charge in [0.2, 0.25) is 0 Å². The van der Waals surface area contributed by atoms with Gasteiger partial charge < -0.3 is 15.6 Å². The topological polar surface area (TPSA) is 72.5 Å². The molecule has 1 aromatic carbocycles. The fraction of sp³-hybridized carbons (Fsp3) is 0.500. The SMILES string of the molecule is COC(=O)C(C)(C)C[C@@H](N)Cc1ccc(O)cc1. The third kappa shape index (κ3) is 4.04. The van der Waals surface area contributed by atoms with E-state index in [0.29, 0.717) is 12.8 Å². The molecule has 0 aliphatic heterocycles. The molecular weight excluding hydrogens is 230 g/mol. The summed E-state index contributed by atoms with van der Waals surface area (Å²) in [5.41, 5.74) is 6.52. The Hall–Kier alpha value is -1.55. The number of rotatable bonds is 5. The van der Waals surface area contributed by atoms with Crippen molar-refractivity contribution < 1.29 is 14.6 Å². The zero-order valence-electron chi connectivity index (χ0n) is 11.1. The first kappa shape index (κ1) is 14.5. The van der Waals surface area contributed by atoms with Crippen LogP contribution in [0.4, 0.5) is 0 Å². The number of methoxy groups -OCH3 is 1. The number of hydrogen-bond acceptors (Lipinski definition) is 4. The minimum atomic E-state index is -0.578. The molecule has 1 rings (SSSR count). The molecule has 4 nitrogen and oxygen atoms in total. The lowest BCUT2D eigenvalue weighted by Gasteiger charge is -2.25. The molecule has 18 heavy (non-hydrogen) atoms. The molecule has 100 valence electrons. The largest absolute Gasteiger partial charge is 0.508 e. The van der Waals surface area contributed by atoms with Crippen LogP contribution in [0.5, 0.6) is 5.75 Å². The Morgan fingerprint density at radius 3 is 2.44 bits per heavy atom. The number of esters is 1. The van der Waals surface area contributed by atoms with Crippen molar-refractivity contribution in [1.29, 1.82) is 0 Å². The zero-order chi connectivity index (χ0) is 13.8. The van der Waals surface area contributed by atoms with Crippen LogP contribution >= 0.6 is 0 Å². The third-order valence-corrected chi connectivity index (χ3v) is 2.94. The van der Waals surface area contributed by atoms with Gasteiger partial charge in [-0.15, -0.1) is 0 Å². The summed E-state index contributed by atoms with van der Waals surface area (Å²) < 4.78 is 4.75. The molecule has 0 unspecified atom stereocenters. The Bertz CT molecular complexity index is 398. The van der Waals surface area contributed by atoms with E-state index in [1.165, 1.54) is 7.11 Å². The predicted molar refractivity (Wildman–Crippen MR) is 70.2 cm³/mol. The Kier molecular flexibility index (Phi) is 4.73. The molecule has 0 amide bonds. The maximum atomic E-state index is 11.6. The summed E-state index contributed by atoms with van der Waals surface area (Å²) in [5, 5.41) is 9.19. The molecule has 0 fully saturated rings. The average molecular weight is 251 g/mol. The standard InChI is InChI=1S/C14H21NO3/c1-14(2,13(17)18-3)9-11(15)8-10-4-6-12(16)7-5-10/h4-7,11,16H,8-9,15H2,1-3H3/t11-/m0/s1. The number of phenolic OH excluding ortho intramolecular Hbond substituents is 1. The summed E-state index contributed by atoms with van der Waals surface area (Å²) >= 11 is 0. The molecule has 0 heterocycles. The third-order valence-electron chi connectivity index (χ3n) is 2.94. The lowest BCUT2D eigenvalue weighted by molar-refractivity contribution is -0.151. The van der Waals surface area contributed by atoms with Crippen LogP contribution in [0.25, 0.3) is 0 Å². The van der Waals surface area contributed by atoms with Crippen molar-refractivity contribution in [3.05, 3.63) is 29.8 Å². The molecule has 0 aromatic heterocycles. The highest BCUT2D eigenvalue weighted by molar-refractivity contribution is 5.75. The number of nitrogens with two attached hydrogens (primary N) is 1. The molecule has 1 aromatic rings. The normalized spacial score (nSPS) is 13.1. The Morgan fingerprint density at radius 1 is 1.39 bits per heavy atom. The molecule has 3 N–H and O–H groups in total. The van der Waals surface area contributed by atoms with E-state index in [2.05, 4.69) is 0 Å². The van der Waals surface area contributed by atoms with Crippen LogP contribution in [0.15, 0.2) is 24.3 Å². The first-order valence-corrected chi connectivity index (χ1v) is 5.97. The van der Waals surface area contributed by atoms with Gasteiger partial charge in [-0.3, -0.25) is 4.79 Å². The minimum Gasteiger partial charge on any atom is -0.508 e. The lowest BCUT2D eigenvalue weighted by Crippen LogP contribution is -2.35. The van der Waals surface area contributed by atoms with Gasteiger partial charge in [-0.05, 0) is 44.4 Å². The second kappa shape index (κ2) is 5.87. The van der Waals surface area contributed by atoms with E-state index in [-0.39, 0.29) is 17.8 Å². The lowest BCUT2D eigenvalue weighted by atomic mass is 9.84. The summed E-state index contributed by atoms with van der Waals surface area (Å²) in [7, 11) is 1.38. The maximum absolute atomic E-state index is 11.6. The van der Waals surface area contributed by atoms with Crippen LogP contribution < -0.4 is 5.73 Å². The van der Waals surface area contributed by atoms with E-state index in [1.54, 1.807) is 12.1 Å². The molecule has 0 spiro atoms. The van der Waals surface area contributed by atoms with E-state index >= 15 is 0 Å². The van der Waals surface area contributed by atoms with E-state index in [4.69, 9.17) is 10.5 Å². The number of ether oxygens (including phenoxy) is 1. The summed E-state index contributed by atoms with van der Waals surface area (Å²) in [4.78, 5) is 11.6. The van der Waals surface area contributed by atoms with Crippen LogP contribution in [0.2, 0.25) is 0 Å². The van der Waals surface area contributed by atoms with Crippen molar-refractivity contribution in [2.75, 3.05) is 7.11 Å². The molecule has 0 aliphatic rings. The summed E-state index contributed by atoms with van der Waals surface area (Å²) in [6.07, 6.45) is 1.22. The van der Waals surface area contributed by atoms with Crippen LogP contribution in [0.3, 0.4) is 0 Å². The highest BCUT2D eigenvalue weighted by Crippen LogP contribution is 2.24. The Labute approximate surface area is 108 Å². The number of benzene rings is 1. The molecule has 1 atom stereocenters. The molecule has 0 saturated carbocycles. The summed E-state index contributed by atoms with van der Waals surface area (Å²) in [5.74, 6) is -0.00846. The second-order valence-electron chi connectivity index (χ2n) is 5.21. The number of carbonyl (C=O) groups is 1. The van der Waals surface area contributed by atoms with Gasteiger partial charge in [0.15, 0.2) is 0 Å². The van der Waals surface area contributed by atoms with Gasteiger partial charge in [0.05, 0.1) is 12.5 Å². The van der Waals surface area contributed by atoms with Gasteiger partial charge in [0.1, 0.15) is 5.75 Å². The fourth-order valence-electron chi connectivity index (χ4n) is 2.02. The maximum Gasteiger partial charge on any atom is 0.311 e. The van der Waals surface area contributed by atoms with E-state index in [0.717, 1.165) is 5.56 Å². The van der Waals surface area contributed by atoms with Gasteiger partial charge >= 0.3 is 5.97 Å². The van der Waals surface area contributed by atoms with Crippen LogP contribution in [-0.2, 0) is 16.0 Å². The van der Waals surface area contributed by atoms with Crippen molar-refractivity contribution in [1.82, 2.24) is 0 Å². The predicted octanol–water partition coefficient (Wildman–Crippen LogP) is 1.85. The highest BCUT2D eigenvalue weighted by atomic mass is 16.5. The van der Waals surface area contributed by atoms with Gasteiger partial charge in [-0.25, -0.2) is 0 Å². The molecule has 4 heteroatoms. The molecule has 0 aliphatic carbocycles. The fourth-order valence-corrected chi connectivity index (χ4v) is 2.02. The molecule has 0 saturated heterocycles. The minimum absolute atomic E-state index is 0.122. The van der Waals surface area contributed by atoms with Crippen molar-refractivity contribution in [2.45, 2.75) is 32.7 Å². The molecular formula is C14H21NO3. The zero-order valence-corrected chi connectivity index (χ0v) is 11.1. The smallest absolute Gasteiger partial charge is 0.311 e. The van der Waals surface area contributed by atoms with Crippen molar-refractivity contribution in [3.63, 3.8) is 0 Å². The Morgan fingerprint density at radius 2 is 1.94 bits per heavy atom. The van der Waals surface area contributed by atoms with E-state index in [1.807, 2.05) is 26.0 Å². The van der Waals surface area contributed by atoms with Gasteiger partial charge in [0, 0.05) is 6.04 Å². The molecule has 0 radical (unpaired) electrons. The van der Waals surface area contributed by atoms with Crippen molar-refractivity contribution in [2.24, 2.45) is 11.1 Å². The van der Waals surface area contributed by atoms with Crippen molar-refractivity contribution >= 4 is 5.97 Å². The summed E-state index contributed by atoms with van der Waals surface area (Å²) in [6.45, 7) is 3.66. The van der Waals surface area contributed by atoms with E-state index < -0.39 is 5.41 Å².